The molecule has 2 rings (SSSR count). The Labute approximate surface area is 82.1 Å². The van der Waals surface area contributed by atoms with Gasteiger partial charge in [0.15, 0.2) is 0 Å². The molecule has 2 N–H and O–H groups in total. The van der Waals surface area contributed by atoms with Crippen molar-refractivity contribution in [3.8, 4) is 5.75 Å². The van der Waals surface area contributed by atoms with E-state index in [0.717, 1.165) is 31.1 Å². The van der Waals surface area contributed by atoms with Gasteiger partial charge in [0.2, 0.25) is 0 Å². The molecule has 1 heterocycles. The summed E-state index contributed by atoms with van der Waals surface area (Å²) in [6.45, 7) is 1.67. The molecule has 0 fully saturated rings. The van der Waals surface area contributed by atoms with Gasteiger partial charge in [0.1, 0.15) is 11.6 Å². The Bertz CT molecular complexity index is 374. The first kappa shape index (κ1) is 9.21. The fourth-order valence-electron chi connectivity index (χ4n) is 1.63. The van der Waals surface area contributed by atoms with E-state index < -0.39 is 0 Å². The molecule has 0 amide bonds. The largest absolute Gasteiger partial charge is 0.508 e. The molecule has 1 aromatic carbocycles. The van der Waals surface area contributed by atoms with Crippen molar-refractivity contribution in [3.05, 3.63) is 35.7 Å². The number of benzene rings is 1. The highest BCUT2D eigenvalue weighted by molar-refractivity contribution is 5.67. The summed E-state index contributed by atoms with van der Waals surface area (Å²) in [5.74, 6) is -0.376. The predicted molar refractivity (Wildman–Crippen MR) is 53.5 cm³/mol. The molecule has 0 atom stereocenters. The van der Waals surface area contributed by atoms with E-state index in [-0.39, 0.29) is 11.6 Å². The van der Waals surface area contributed by atoms with Crippen molar-refractivity contribution in [3.63, 3.8) is 0 Å². The molecule has 74 valence electrons. The number of phenols is 1. The van der Waals surface area contributed by atoms with Crippen LogP contribution in [0.15, 0.2) is 24.3 Å². The van der Waals surface area contributed by atoms with E-state index >= 15 is 0 Å². The molecule has 0 aromatic heterocycles. The zero-order valence-corrected chi connectivity index (χ0v) is 7.76. The van der Waals surface area contributed by atoms with E-state index in [0.29, 0.717) is 5.56 Å². The third-order valence-corrected chi connectivity index (χ3v) is 2.36. The average Bonchev–Trinajstić information content (AvgIpc) is 2.19. The lowest BCUT2D eigenvalue weighted by Crippen LogP contribution is -2.20. The first-order chi connectivity index (χ1) is 6.77. The molecular formula is C11H12FNO. The van der Waals surface area contributed by atoms with Gasteiger partial charge in [-0.15, -0.1) is 0 Å². The van der Waals surface area contributed by atoms with E-state index in [1.54, 1.807) is 6.07 Å². The highest BCUT2D eigenvalue weighted by Crippen LogP contribution is 2.25. The predicted octanol–water partition coefficient (Wildman–Crippen LogP) is 1.91. The van der Waals surface area contributed by atoms with E-state index in [1.807, 2.05) is 6.08 Å². The summed E-state index contributed by atoms with van der Waals surface area (Å²) < 4.78 is 13.4. The smallest absolute Gasteiger partial charge is 0.134 e. The quantitative estimate of drug-likeness (QED) is 0.714. The number of nitrogens with one attached hydrogen (secondary N) is 1. The van der Waals surface area contributed by atoms with Crippen LogP contribution in [0.2, 0.25) is 0 Å². The van der Waals surface area contributed by atoms with Crippen LogP contribution in [0.1, 0.15) is 12.0 Å². The second-order valence-electron chi connectivity index (χ2n) is 3.35. The van der Waals surface area contributed by atoms with Crippen molar-refractivity contribution in [2.45, 2.75) is 6.42 Å². The van der Waals surface area contributed by atoms with Crippen LogP contribution in [0.25, 0.3) is 5.57 Å². The summed E-state index contributed by atoms with van der Waals surface area (Å²) >= 11 is 0. The number of hydrogen-bond acceptors (Lipinski definition) is 2. The summed E-state index contributed by atoms with van der Waals surface area (Å²) in [4.78, 5) is 0. The minimum atomic E-state index is -0.349. The molecule has 0 unspecified atom stereocenters. The maximum absolute atomic E-state index is 13.4. The molecular weight excluding hydrogens is 181 g/mol. The molecule has 0 saturated carbocycles. The molecule has 0 aliphatic carbocycles. The van der Waals surface area contributed by atoms with Gasteiger partial charge in [0.25, 0.3) is 0 Å². The number of phenolic OH excluding ortho intramolecular Hbond substituents is 1. The van der Waals surface area contributed by atoms with Crippen LogP contribution in [0.5, 0.6) is 5.75 Å². The van der Waals surface area contributed by atoms with Crippen molar-refractivity contribution in [2.24, 2.45) is 0 Å². The molecule has 2 nitrogen and oxygen atoms in total. The van der Waals surface area contributed by atoms with Gasteiger partial charge in [0.05, 0.1) is 0 Å². The minimum Gasteiger partial charge on any atom is -0.508 e. The van der Waals surface area contributed by atoms with Gasteiger partial charge in [-0.2, -0.15) is 0 Å². The Morgan fingerprint density at radius 3 is 2.86 bits per heavy atom. The van der Waals surface area contributed by atoms with Crippen LogP contribution in [0, 0.1) is 5.82 Å². The van der Waals surface area contributed by atoms with E-state index in [9.17, 15) is 4.39 Å². The Kier molecular flexibility index (Phi) is 2.50. The first-order valence-electron chi connectivity index (χ1n) is 4.66. The van der Waals surface area contributed by atoms with Crippen molar-refractivity contribution < 1.29 is 9.50 Å². The molecule has 3 heteroatoms. The zero-order valence-electron chi connectivity index (χ0n) is 7.76. The van der Waals surface area contributed by atoms with Gasteiger partial charge >= 0.3 is 0 Å². The second kappa shape index (κ2) is 3.80. The number of rotatable bonds is 1. The van der Waals surface area contributed by atoms with Crippen LogP contribution in [0.4, 0.5) is 4.39 Å². The highest BCUT2D eigenvalue weighted by Gasteiger charge is 2.10. The molecule has 0 bridgehead atoms. The summed E-state index contributed by atoms with van der Waals surface area (Å²) in [6, 6.07) is 4.29. The molecule has 0 spiro atoms. The Morgan fingerprint density at radius 2 is 2.21 bits per heavy atom. The molecule has 1 aromatic rings. The van der Waals surface area contributed by atoms with E-state index in [4.69, 9.17) is 5.11 Å². The number of hydrogen-bond donors (Lipinski definition) is 2. The van der Waals surface area contributed by atoms with Gasteiger partial charge in [-0.25, -0.2) is 4.39 Å². The SMILES string of the molecule is Oc1ccc(C2=CCNCC2)c(F)c1. The molecule has 0 radical (unpaired) electrons. The second-order valence-corrected chi connectivity index (χ2v) is 3.35. The Morgan fingerprint density at radius 1 is 1.36 bits per heavy atom. The maximum Gasteiger partial charge on any atom is 0.134 e. The van der Waals surface area contributed by atoms with Crippen LogP contribution in [-0.4, -0.2) is 18.2 Å². The van der Waals surface area contributed by atoms with Crippen LogP contribution < -0.4 is 5.32 Å². The monoisotopic (exact) mass is 193 g/mol. The first-order valence-corrected chi connectivity index (χ1v) is 4.66. The van der Waals surface area contributed by atoms with Crippen LogP contribution >= 0.6 is 0 Å². The van der Waals surface area contributed by atoms with E-state index in [2.05, 4.69) is 5.32 Å². The van der Waals surface area contributed by atoms with Crippen molar-refractivity contribution in [1.82, 2.24) is 5.32 Å². The normalized spacial score (nSPS) is 16.5. The lowest BCUT2D eigenvalue weighted by molar-refractivity contribution is 0.468. The van der Waals surface area contributed by atoms with Crippen molar-refractivity contribution in [2.75, 3.05) is 13.1 Å². The summed E-state index contributed by atoms with van der Waals surface area (Å²) in [6.07, 6.45) is 2.82. The van der Waals surface area contributed by atoms with Gasteiger partial charge in [0, 0.05) is 18.2 Å². The average molecular weight is 193 g/mol. The standard InChI is InChI=1S/C11H12FNO/c12-11-7-9(14)1-2-10(11)8-3-5-13-6-4-8/h1-3,7,13-14H,4-6H2. The highest BCUT2D eigenvalue weighted by atomic mass is 19.1. The lowest BCUT2D eigenvalue weighted by Gasteiger charge is -2.14. The topological polar surface area (TPSA) is 32.3 Å². The third-order valence-electron chi connectivity index (χ3n) is 2.36. The molecule has 14 heavy (non-hydrogen) atoms. The van der Waals surface area contributed by atoms with Gasteiger partial charge in [-0.1, -0.05) is 6.08 Å². The zero-order chi connectivity index (χ0) is 9.97. The Balaban J connectivity index is 2.35. The number of halogens is 1. The van der Waals surface area contributed by atoms with Crippen molar-refractivity contribution >= 4 is 5.57 Å². The molecule has 0 saturated heterocycles. The summed E-state index contributed by atoms with van der Waals surface area (Å²) in [5.41, 5.74) is 1.62. The summed E-state index contributed by atoms with van der Waals surface area (Å²) in [7, 11) is 0. The summed E-state index contributed by atoms with van der Waals surface area (Å²) in [5, 5.41) is 12.2. The maximum atomic E-state index is 13.4. The third kappa shape index (κ3) is 1.77. The van der Waals surface area contributed by atoms with Crippen LogP contribution in [-0.2, 0) is 0 Å². The van der Waals surface area contributed by atoms with E-state index in [1.165, 1.54) is 6.07 Å². The molecule has 1 aliphatic rings. The fraction of sp³-hybridized carbons (Fsp3) is 0.273. The number of aromatic hydroxyl groups is 1. The van der Waals surface area contributed by atoms with Crippen LogP contribution in [0.3, 0.4) is 0 Å². The minimum absolute atomic E-state index is 0.0271. The van der Waals surface area contributed by atoms with Gasteiger partial charge in [-0.05, 0) is 30.7 Å². The fourth-order valence-corrected chi connectivity index (χ4v) is 1.63. The Hall–Kier alpha value is -1.35. The lowest BCUT2D eigenvalue weighted by atomic mass is 10.00. The molecule has 1 aliphatic heterocycles. The van der Waals surface area contributed by atoms with Crippen molar-refractivity contribution in [1.29, 1.82) is 0 Å². The van der Waals surface area contributed by atoms with Gasteiger partial charge in [-0.3, -0.25) is 0 Å². The van der Waals surface area contributed by atoms with Gasteiger partial charge < -0.3 is 10.4 Å².